The van der Waals surface area contributed by atoms with Crippen molar-refractivity contribution in [3.63, 3.8) is 0 Å². The first-order valence-corrected chi connectivity index (χ1v) is 11.8. The van der Waals surface area contributed by atoms with Crippen molar-refractivity contribution in [2.24, 2.45) is 0 Å². The molecule has 11 heteroatoms. The highest BCUT2D eigenvalue weighted by Gasteiger charge is 2.41. The molecule has 0 spiro atoms. The summed E-state index contributed by atoms with van der Waals surface area (Å²) in [7, 11) is 0. The van der Waals surface area contributed by atoms with Crippen molar-refractivity contribution >= 4 is 34.1 Å². The van der Waals surface area contributed by atoms with Gasteiger partial charge in [-0.25, -0.2) is 4.79 Å². The van der Waals surface area contributed by atoms with Gasteiger partial charge >= 0.3 is 5.69 Å². The van der Waals surface area contributed by atoms with Crippen molar-refractivity contribution in [2.45, 2.75) is 38.7 Å². The SMILES string of the molecule is CC1(C)COC(C)(C)c2[nH]c3ccc(Oc4c(Cl)cc(-n5nc(C#N)c(=O)[nH]c5=O)cc4Cl)cc3c21. The Morgan fingerprint density at radius 2 is 1.81 bits per heavy atom. The lowest BCUT2D eigenvalue weighted by Gasteiger charge is -2.39. The van der Waals surface area contributed by atoms with Gasteiger partial charge in [0, 0.05) is 16.3 Å². The fourth-order valence-electron chi connectivity index (χ4n) is 4.43. The zero-order chi connectivity index (χ0) is 26.0. The summed E-state index contributed by atoms with van der Waals surface area (Å²) in [6.07, 6.45) is 0. The molecule has 0 saturated carbocycles. The van der Waals surface area contributed by atoms with Gasteiger partial charge in [0.2, 0.25) is 5.69 Å². The van der Waals surface area contributed by atoms with E-state index in [9.17, 15) is 9.59 Å². The topological polar surface area (TPSA) is 126 Å². The first-order valence-electron chi connectivity index (χ1n) is 11.0. The van der Waals surface area contributed by atoms with Crippen molar-refractivity contribution in [1.29, 1.82) is 5.26 Å². The summed E-state index contributed by atoms with van der Waals surface area (Å²) in [4.78, 5) is 29.4. The van der Waals surface area contributed by atoms with Crippen molar-refractivity contribution in [3.8, 4) is 23.3 Å². The Labute approximate surface area is 215 Å². The van der Waals surface area contributed by atoms with E-state index in [-0.39, 0.29) is 26.9 Å². The minimum atomic E-state index is -0.878. The van der Waals surface area contributed by atoms with Crippen LogP contribution in [0.25, 0.3) is 16.6 Å². The number of H-pyrrole nitrogens is 2. The Morgan fingerprint density at radius 3 is 2.47 bits per heavy atom. The number of rotatable bonds is 3. The molecule has 0 atom stereocenters. The van der Waals surface area contributed by atoms with E-state index >= 15 is 0 Å². The van der Waals surface area contributed by atoms with Gasteiger partial charge in [0.25, 0.3) is 5.56 Å². The summed E-state index contributed by atoms with van der Waals surface area (Å²) in [6, 6.07) is 10.1. The molecule has 2 N–H and O–H groups in total. The molecule has 0 bridgehead atoms. The molecule has 36 heavy (non-hydrogen) atoms. The maximum absolute atomic E-state index is 12.2. The molecule has 2 aromatic heterocycles. The van der Waals surface area contributed by atoms with E-state index in [1.54, 1.807) is 12.1 Å². The molecule has 3 heterocycles. The number of hydrogen-bond donors (Lipinski definition) is 2. The fraction of sp³-hybridized carbons (Fsp3) is 0.280. The third kappa shape index (κ3) is 3.88. The lowest BCUT2D eigenvalue weighted by molar-refractivity contribution is -0.0607. The summed E-state index contributed by atoms with van der Waals surface area (Å²) in [5.74, 6) is 0.707. The third-order valence-corrected chi connectivity index (χ3v) is 6.79. The Morgan fingerprint density at radius 1 is 1.11 bits per heavy atom. The number of hydrogen-bond acceptors (Lipinski definition) is 6. The predicted molar refractivity (Wildman–Crippen MR) is 136 cm³/mol. The summed E-state index contributed by atoms with van der Waals surface area (Å²) >= 11 is 12.9. The maximum atomic E-state index is 12.2. The average molecular weight is 526 g/mol. The van der Waals surface area contributed by atoms with Crippen LogP contribution in [0, 0.1) is 11.3 Å². The molecule has 4 aromatic rings. The summed E-state index contributed by atoms with van der Waals surface area (Å²) in [5, 5.41) is 14.1. The number of nitrogens with zero attached hydrogens (tertiary/aromatic N) is 3. The van der Waals surface area contributed by atoms with Gasteiger partial charge < -0.3 is 14.5 Å². The number of nitriles is 1. The highest BCUT2D eigenvalue weighted by molar-refractivity contribution is 6.37. The van der Waals surface area contributed by atoms with Gasteiger partial charge in [-0.1, -0.05) is 37.0 Å². The smallest absolute Gasteiger partial charge is 0.349 e. The van der Waals surface area contributed by atoms with Crippen LogP contribution < -0.4 is 16.0 Å². The molecule has 9 nitrogen and oxygen atoms in total. The van der Waals surface area contributed by atoms with E-state index in [1.165, 1.54) is 17.7 Å². The van der Waals surface area contributed by atoms with Crippen LogP contribution in [0.4, 0.5) is 0 Å². The Bertz CT molecular complexity index is 1690. The number of benzene rings is 2. The van der Waals surface area contributed by atoms with Crippen molar-refractivity contribution in [1.82, 2.24) is 19.7 Å². The molecular formula is C25H21Cl2N5O4. The van der Waals surface area contributed by atoms with Crippen LogP contribution >= 0.6 is 23.2 Å². The second-order valence-electron chi connectivity index (χ2n) is 9.74. The van der Waals surface area contributed by atoms with Gasteiger partial charge in [0.15, 0.2) is 5.75 Å². The lowest BCUT2D eigenvalue weighted by Crippen LogP contribution is -2.39. The highest BCUT2D eigenvalue weighted by atomic mass is 35.5. The second-order valence-corrected chi connectivity index (χ2v) is 10.6. The summed E-state index contributed by atoms with van der Waals surface area (Å²) in [5.41, 5.74) is 0.475. The van der Waals surface area contributed by atoms with Crippen molar-refractivity contribution in [3.05, 3.63) is 78.2 Å². The molecular weight excluding hydrogens is 505 g/mol. The quantitative estimate of drug-likeness (QED) is 0.391. The van der Waals surface area contributed by atoms with Crippen molar-refractivity contribution in [2.75, 3.05) is 6.61 Å². The van der Waals surface area contributed by atoms with Crippen LogP contribution in [0.2, 0.25) is 10.0 Å². The molecule has 0 aliphatic carbocycles. The van der Waals surface area contributed by atoms with Gasteiger partial charge in [-0.3, -0.25) is 9.78 Å². The van der Waals surface area contributed by atoms with E-state index in [2.05, 4.69) is 23.9 Å². The Balaban J connectivity index is 1.56. The normalized spacial score (nSPS) is 15.9. The van der Waals surface area contributed by atoms with Crippen LogP contribution in [0.3, 0.4) is 0 Å². The lowest BCUT2D eigenvalue weighted by atomic mass is 9.78. The van der Waals surface area contributed by atoms with Gasteiger partial charge in [-0.15, -0.1) is 5.10 Å². The molecule has 5 rings (SSSR count). The standard InChI is InChI=1S/C25H21Cl2N5O4/c1-24(2)11-35-25(3,4)21-19(24)14-9-13(5-6-17(14)29-21)36-20-15(26)7-12(8-16(20)27)32-23(34)30-22(33)18(10-28)31-32/h5-9,29H,11H2,1-4H3,(H,30,33,34). The van der Waals surface area contributed by atoms with Crippen molar-refractivity contribution < 1.29 is 9.47 Å². The highest BCUT2D eigenvalue weighted by Crippen LogP contribution is 2.46. The number of nitrogens with one attached hydrogen (secondary N) is 2. The van der Waals surface area contributed by atoms with E-state index < -0.39 is 22.5 Å². The summed E-state index contributed by atoms with van der Waals surface area (Å²) in [6.45, 7) is 8.93. The van der Waals surface area contributed by atoms with Crippen LogP contribution in [-0.4, -0.2) is 26.4 Å². The zero-order valence-electron chi connectivity index (χ0n) is 19.8. The molecule has 184 valence electrons. The molecule has 0 fully saturated rings. The minimum Gasteiger partial charge on any atom is -0.454 e. The van der Waals surface area contributed by atoms with E-state index in [1.807, 2.05) is 31.0 Å². The second kappa shape index (κ2) is 8.23. The number of aromatic amines is 2. The summed E-state index contributed by atoms with van der Waals surface area (Å²) < 4.78 is 13.0. The van der Waals surface area contributed by atoms with Gasteiger partial charge in [0.05, 0.1) is 28.0 Å². The molecule has 0 radical (unpaired) electrons. The molecule has 1 aliphatic heterocycles. The first-order chi connectivity index (χ1) is 16.9. The monoisotopic (exact) mass is 525 g/mol. The van der Waals surface area contributed by atoms with E-state index in [4.69, 9.17) is 37.9 Å². The number of ether oxygens (including phenoxy) is 2. The number of halogens is 2. The average Bonchev–Trinajstić information content (AvgIpc) is 3.21. The van der Waals surface area contributed by atoms with Crippen LogP contribution in [0.15, 0.2) is 39.9 Å². The molecule has 0 unspecified atom stereocenters. The van der Waals surface area contributed by atoms with E-state index in [0.29, 0.717) is 12.4 Å². The predicted octanol–water partition coefficient (Wildman–Crippen LogP) is 4.92. The molecule has 2 aromatic carbocycles. The minimum absolute atomic E-state index is 0.113. The first kappa shape index (κ1) is 24.1. The fourth-order valence-corrected chi connectivity index (χ4v) is 4.98. The molecule has 0 amide bonds. The third-order valence-electron chi connectivity index (χ3n) is 6.22. The van der Waals surface area contributed by atoms with Crippen LogP contribution in [0.1, 0.15) is 44.6 Å². The molecule has 1 aliphatic rings. The maximum Gasteiger partial charge on any atom is 0.349 e. The van der Waals surface area contributed by atoms with E-state index in [0.717, 1.165) is 21.3 Å². The largest absolute Gasteiger partial charge is 0.454 e. The van der Waals surface area contributed by atoms with Gasteiger partial charge in [-0.05, 0) is 49.7 Å². The zero-order valence-corrected chi connectivity index (χ0v) is 21.3. The number of fused-ring (bicyclic) bond motifs is 3. The van der Waals surface area contributed by atoms with Crippen LogP contribution in [0.5, 0.6) is 11.5 Å². The molecule has 0 saturated heterocycles. The Hall–Kier alpha value is -3.58. The Kier molecular flexibility index (Phi) is 5.52. The van der Waals surface area contributed by atoms with Gasteiger partial charge in [0.1, 0.15) is 17.4 Å². The van der Waals surface area contributed by atoms with Crippen LogP contribution in [-0.2, 0) is 15.8 Å². The van der Waals surface area contributed by atoms with Gasteiger partial charge in [-0.2, -0.15) is 9.94 Å². The number of aromatic nitrogens is 4.